The van der Waals surface area contributed by atoms with E-state index < -0.39 is 0 Å². The fourth-order valence-corrected chi connectivity index (χ4v) is 2.66. The summed E-state index contributed by atoms with van der Waals surface area (Å²) in [5.74, 6) is 0.888. The topological polar surface area (TPSA) is 57.6 Å². The Morgan fingerprint density at radius 2 is 1.94 bits per heavy atom. The zero-order valence-electron chi connectivity index (χ0n) is 9.65. The predicted molar refractivity (Wildman–Crippen MR) is 64.1 cm³/mol. The number of hydrogen-bond donors (Lipinski definition) is 1. The number of thioether (sulfide) groups is 1. The van der Waals surface area contributed by atoms with E-state index in [2.05, 4.69) is 6.92 Å². The van der Waals surface area contributed by atoms with Gasteiger partial charge in [-0.1, -0.05) is 13.3 Å². The SMILES string of the molecule is CCCC(CCO)CN1C(=O)CSCC1=O. The van der Waals surface area contributed by atoms with Gasteiger partial charge in [0.2, 0.25) is 11.8 Å². The third-order valence-electron chi connectivity index (χ3n) is 2.73. The second kappa shape index (κ2) is 6.91. The minimum absolute atomic E-state index is 0.0831. The van der Waals surface area contributed by atoms with Crippen molar-refractivity contribution < 1.29 is 14.7 Å². The van der Waals surface area contributed by atoms with Gasteiger partial charge in [0, 0.05) is 13.2 Å². The van der Waals surface area contributed by atoms with Gasteiger partial charge in [-0.15, -0.1) is 11.8 Å². The number of carbonyl (C=O) groups excluding carboxylic acids is 2. The summed E-state index contributed by atoms with van der Waals surface area (Å²) >= 11 is 1.38. The molecule has 1 aliphatic heterocycles. The lowest BCUT2D eigenvalue weighted by molar-refractivity contribution is -0.143. The van der Waals surface area contributed by atoms with Gasteiger partial charge in [-0.25, -0.2) is 0 Å². The molecule has 5 heteroatoms. The highest BCUT2D eigenvalue weighted by Crippen LogP contribution is 2.18. The Balaban J connectivity index is 2.53. The number of nitrogens with zero attached hydrogens (tertiary/aromatic N) is 1. The minimum atomic E-state index is -0.0831. The highest BCUT2D eigenvalue weighted by atomic mass is 32.2. The van der Waals surface area contributed by atoms with Crippen molar-refractivity contribution >= 4 is 23.6 Å². The minimum Gasteiger partial charge on any atom is -0.396 e. The van der Waals surface area contributed by atoms with E-state index in [1.54, 1.807) is 0 Å². The second-order valence-electron chi connectivity index (χ2n) is 4.06. The van der Waals surface area contributed by atoms with E-state index >= 15 is 0 Å². The highest BCUT2D eigenvalue weighted by molar-refractivity contribution is 8.00. The molecule has 1 atom stereocenters. The first-order chi connectivity index (χ1) is 7.69. The first-order valence-corrected chi connectivity index (χ1v) is 6.86. The zero-order chi connectivity index (χ0) is 12.0. The van der Waals surface area contributed by atoms with Crippen LogP contribution < -0.4 is 0 Å². The van der Waals surface area contributed by atoms with Gasteiger partial charge in [0.1, 0.15) is 0 Å². The standard InChI is InChI=1S/C11H19NO3S/c1-2-3-9(4-5-13)6-12-10(14)7-16-8-11(12)15/h9,13H,2-8H2,1H3. The van der Waals surface area contributed by atoms with Gasteiger partial charge in [-0.05, 0) is 18.8 Å². The van der Waals surface area contributed by atoms with Crippen LogP contribution in [-0.2, 0) is 9.59 Å². The molecule has 0 aromatic heterocycles. The van der Waals surface area contributed by atoms with Crippen LogP contribution in [0.5, 0.6) is 0 Å². The maximum absolute atomic E-state index is 11.6. The first kappa shape index (κ1) is 13.5. The zero-order valence-corrected chi connectivity index (χ0v) is 10.5. The molecule has 16 heavy (non-hydrogen) atoms. The molecule has 1 fully saturated rings. The fraction of sp³-hybridized carbons (Fsp3) is 0.818. The number of imide groups is 1. The van der Waals surface area contributed by atoms with Gasteiger partial charge in [0.15, 0.2) is 0 Å². The third-order valence-corrected chi connectivity index (χ3v) is 3.63. The average Bonchev–Trinajstić information content (AvgIpc) is 2.24. The van der Waals surface area contributed by atoms with Crippen molar-refractivity contribution in [1.82, 2.24) is 4.90 Å². The van der Waals surface area contributed by atoms with Crippen LogP contribution in [0.3, 0.4) is 0 Å². The molecule has 2 amide bonds. The molecule has 1 aliphatic rings. The van der Waals surface area contributed by atoms with Gasteiger partial charge in [-0.3, -0.25) is 14.5 Å². The molecule has 1 N–H and O–H groups in total. The van der Waals surface area contributed by atoms with Crippen LogP contribution in [0.4, 0.5) is 0 Å². The summed E-state index contributed by atoms with van der Waals surface area (Å²) in [6.07, 6.45) is 2.62. The maximum atomic E-state index is 11.6. The molecule has 0 bridgehead atoms. The van der Waals surface area contributed by atoms with E-state index in [0.29, 0.717) is 24.5 Å². The van der Waals surface area contributed by atoms with E-state index in [9.17, 15) is 9.59 Å². The van der Waals surface area contributed by atoms with Crippen LogP contribution in [0.1, 0.15) is 26.2 Å². The molecule has 1 rings (SSSR count). The molecule has 0 radical (unpaired) electrons. The van der Waals surface area contributed by atoms with Gasteiger partial charge in [-0.2, -0.15) is 0 Å². The maximum Gasteiger partial charge on any atom is 0.239 e. The van der Waals surface area contributed by atoms with Crippen LogP contribution in [0.2, 0.25) is 0 Å². The summed E-state index contributed by atoms with van der Waals surface area (Å²) in [7, 11) is 0. The van der Waals surface area contributed by atoms with E-state index in [0.717, 1.165) is 12.8 Å². The van der Waals surface area contributed by atoms with Crippen molar-refractivity contribution in [2.45, 2.75) is 26.2 Å². The van der Waals surface area contributed by atoms with Crippen molar-refractivity contribution in [2.75, 3.05) is 24.7 Å². The number of aliphatic hydroxyl groups is 1. The molecule has 0 aromatic carbocycles. The van der Waals surface area contributed by atoms with E-state index in [1.165, 1.54) is 16.7 Å². The Morgan fingerprint density at radius 3 is 2.44 bits per heavy atom. The third kappa shape index (κ3) is 3.79. The average molecular weight is 245 g/mol. The fourth-order valence-electron chi connectivity index (χ4n) is 1.90. The molecule has 0 saturated carbocycles. The monoisotopic (exact) mass is 245 g/mol. The Bertz CT molecular complexity index is 236. The molecular formula is C11H19NO3S. The Labute approximate surface area is 100 Å². The molecule has 1 saturated heterocycles. The summed E-state index contributed by atoms with van der Waals surface area (Å²) in [5, 5.41) is 8.93. The quantitative estimate of drug-likeness (QED) is 0.706. The molecule has 92 valence electrons. The van der Waals surface area contributed by atoms with Gasteiger partial charge in [0.25, 0.3) is 0 Å². The molecule has 1 heterocycles. The number of aliphatic hydroxyl groups excluding tert-OH is 1. The van der Waals surface area contributed by atoms with Gasteiger partial charge in [0.05, 0.1) is 11.5 Å². The molecule has 1 unspecified atom stereocenters. The van der Waals surface area contributed by atoms with Crippen LogP contribution in [0.25, 0.3) is 0 Å². The molecule has 4 nitrogen and oxygen atoms in total. The number of rotatable bonds is 6. The first-order valence-electron chi connectivity index (χ1n) is 5.70. The Hall–Kier alpha value is -0.550. The van der Waals surface area contributed by atoms with Crippen molar-refractivity contribution in [1.29, 1.82) is 0 Å². The molecule has 0 aromatic rings. The molecule has 0 spiro atoms. The van der Waals surface area contributed by atoms with E-state index in [1.807, 2.05) is 0 Å². The van der Waals surface area contributed by atoms with Crippen LogP contribution in [0, 0.1) is 5.92 Å². The lowest BCUT2D eigenvalue weighted by Crippen LogP contribution is -2.45. The second-order valence-corrected chi connectivity index (χ2v) is 5.04. The normalized spacial score (nSPS) is 19.0. The smallest absolute Gasteiger partial charge is 0.239 e. The Morgan fingerprint density at radius 1 is 1.31 bits per heavy atom. The molecule has 0 aliphatic carbocycles. The van der Waals surface area contributed by atoms with Gasteiger partial charge >= 0.3 is 0 Å². The Kier molecular flexibility index (Phi) is 5.84. The number of hydrogen-bond acceptors (Lipinski definition) is 4. The van der Waals surface area contributed by atoms with Crippen LogP contribution >= 0.6 is 11.8 Å². The number of carbonyl (C=O) groups is 2. The van der Waals surface area contributed by atoms with Crippen molar-refractivity contribution in [3.05, 3.63) is 0 Å². The molecular weight excluding hydrogens is 226 g/mol. The van der Waals surface area contributed by atoms with Gasteiger partial charge < -0.3 is 5.11 Å². The van der Waals surface area contributed by atoms with Crippen LogP contribution in [0.15, 0.2) is 0 Å². The van der Waals surface area contributed by atoms with E-state index in [-0.39, 0.29) is 24.3 Å². The summed E-state index contributed by atoms with van der Waals surface area (Å²) in [4.78, 5) is 24.5. The lowest BCUT2D eigenvalue weighted by Gasteiger charge is -2.28. The van der Waals surface area contributed by atoms with E-state index in [4.69, 9.17) is 5.11 Å². The van der Waals surface area contributed by atoms with Crippen molar-refractivity contribution in [3.63, 3.8) is 0 Å². The van der Waals surface area contributed by atoms with Crippen molar-refractivity contribution in [3.8, 4) is 0 Å². The largest absolute Gasteiger partial charge is 0.396 e. The van der Waals surface area contributed by atoms with Crippen LogP contribution in [-0.4, -0.2) is 46.5 Å². The highest BCUT2D eigenvalue weighted by Gasteiger charge is 2.28. The lowest BCUT2D eigenvalue weighted by atomic mass is 9.99. The summed E-state index contributed by atoms with van der Waals surface area (Å²) in [6.45, 7) is 2.67. The summed E-state index contributed by atoms with van der Waals surface area (Å²) < 4.78 is 0. The van der Waals surface area contributed by atoms with Crippen molar-refractivity contribution in [2.24, 2.45) is 5.92 Å². The summed E-state index contributed by atoms with van der Waals surface area (Å²) in [5.41, 5.74) is 0. The summed E-state index contributed by atoms with van der Waals surface area (Å²) in [6, 6.07) is 0. The predicted octanol–water partition coefficient (Wildman–Crippen LogP) is 0.887. The number of amides is 2.